The second-order valence-corrected chi connectivity index (χ2v) is 5.99. The Balaban J connectivity index is 1.77. The zero-order valence-corrected chi connectivity index (χ0v) is 13.6. The summed E-state index contributed by atoms with van der Waals surface area (Å²) in [7, 11) is 0. The first kappa shape index (κ1) is 14.8. The van der Waals surface area contributed by atoms with Gasteiger partial charge in [0.15, 0.2) is 10.4 Å². The molecule has 0 spiro atoms. The zero-order chi connectivity index (χ0) is 15.7. The molecular weight excluding hydrogens is 348 g/mol. The van der Waals surface area contributed by atoms with Crippen LogP contribution in [-0.4, -0.2) is 18.4 Å². The molecule has 114 valence electrons. The normalized spacial score (nSPS) is 14.5. The first-order valence-electron chi connectivity index (χ1n) is 7.02. The van der Waals surface area contributed by atoms with Crippen LogP contribution in [0.15, 0.2) is 39.4 Å². The van der Waals surface area contributed by atoms with Crippen LogP contribution >= 0.6 is 15.9 Å². The average Bonchev–Trinajstić information content (AvgIpc) is 3.08. The summed E-state index contributed by atoms with van der Waals surface area (Å²) < 4.78 is 5.73. The van der Waals surface area contributed by atoms with Crippen LogP contribution in [0.2, 0.25) is 0 Å². The van der Waals surface area contributed by atoms with E-state index in [1.807, 2.05) is 19.1 Å². The molecule has 1 aromatic heterocycles. The van der Waals surface area contributed by atoms with Crippen molar-refractivity contribution in [3.8, 4) is 0 Å². The molecule has 2 amide bonds. The van der Waals surface area contributed by atoms with E-state index in [4.69, 9.17) is 4.42 Å². The molecule has 1 fully saturated rings. The number of amides is 2. The van der Waals surface area contributed by atoms with Crippen LogP contribution < -0.4 is 10.2 Å². The molecule has 1 N–H and O–H groups in total. The smallest absolute Gasteiger partial charge is 0.291 e. The number of aryl methyl sites for hydroxylation is 1. The molecule has 6 heteroatoms. The molecule has 3 rings (SSSR count). The van der Waals surface area contributed by atoms with E-state index in [-0.39, 0.29) is 17.6 Å². The van der Waals surface area contributed by atoms with Crippen molar-refractivity contribution in [2.24, 2.45) is 0 Å². The number of furan rings is 1. The minimum absolute atomic E-state index is 0.153. The van der Waals surface area contributed by atoms with E-state index in [1.165, 1.54) is 0 Å². The molecule has 0 saturated carbocycles. The lowest BCUT2D eigenvalue weighted by Crippen LogP contribution is -2.24. The van der Waals surface area contributed by atoms with Gasteiger partial charge in [-0.1, -0.05) is 0 Å². The van der Waals surface area contributed by atoms with Gasteiger partial charge in [0.05, 0.1) is 0 Å². The summed E-state index contributed by atoms with van der Waals surface area (Å²) in [6, 6.07) is 8.79. The molecule has 1 aliphatic rings. The lowest BCUT2D eigenvalue weighted by atomic mass is 10.1. The second-order valence-electron chi connectivity index (χ2n) is 5.21. The van der Waals surface area contributed by atoms with Crippen LogP contribution in [0.25, 0.3) is 0 Å². The topological polar surface area (TPSA) is 62.6 Å². The van der Waals surface area contributed by atoms with Crippen LogP contribution in [0, 0.1) is 6.92 Å². The van der Waals surface area contributed by atoms with Gasteiger partial charge in [-0.05, 0) is 65.2 Å². The van der Waals surface area contributed by atoms with E-state index in [9.17, 15) is 9.59 Å². The molecule has 0 radical (unpaired) electrons. The summed E-state index contributed by atoms with van der Waals surface area (Å²) in [4.78, 5) is 25.7. The molecule has 1 aromatic carbocycles. The third kappa shape index (κ3) is 2.92. The number of hydrogen-bond acceptors (Lipinski definition) is 3. The largest absolute Gasteiger partial charge is 0.444 e. The number of benzene rings is 1. The van der Waals surface area contributed by atoms with Gasteiger partial charge in [-0.3, -0.25) is 9.59 Å². The highest BCUT2D eigenvalue weighted by molar-refractivity contribution is 9.10. The van der Waals surface area contributed by atoms with Crippen LogP contribution in [0.3, 0.4) is 0 Å². The van der Waals surface area contributed by atoms with Crippen molar-refractivity contribution in [3.63, 3.8) is 0 Å². The van der Waals surface area contributed by atoms with E-state index in [1.54, 1.807) is 23.1 Å². The standard InChI is InChI=1S/C16H15BrN2O3/c1-10-9-11(18-16(21)13-6-7-14(17)22-13)4-5-12(10)19-8-2-3-15(19)20/h4-7,9H,2-3,8H2,1H3,(H,18,21). The Morgan fingerprint density at radius 3 is 2.73 bits per heavy atom. The molecule has 2 heterocycles. The average molecular weight is 363 g/mol. The van der Waals surface area contributed by atoms with Gasteiger partial charge in [-0.2, -0.15) is 0 Å². The third-order valence-electron chi connectivity index (χ3n) is 3.62. The Bertz CT molecular complexity index is 739. The lowest BCUT2D eigenvalue weighted by molar-refractivity contribution is -0.117. The Labute approximate surface area is 136 Å². The maximum atomic E-state index is 12.0. The van der Waals surface area contributed by atoms with Crippen LogP contribution in [-0.2, 0) is 4.79 Å². The number of carbonyl (C=O) groups is 2. The fourth-order valence-electron chi connectivity index (χ4n) is 2.57. The SMILES string of the molecule is Cc1cc(NC(=O)c2ccc(Br)o2)ccc1N1CCCC1=O. The van der Waals surface area contributed by atoms with Crippen molar-refractivity contribution in [2.45, 2.75) is 19.8 Å². The van der Waals surface area contributed by atoms with E-state index < -0.39 is 0 Å². The van der Waals surface area contributed by atoms with Crippen molar-refractivity contribution < 1.29 is 14.0 Å². The molecule has 0 unspecified atom stereocenters. The number of halogens is 1. The molecule has 22 heavy (non-hydrogen) atoms. The van der Waals surface area contributed by atoms with Crippen molar-refractivity contribution in [1.82, 2.24) is 0 Å². The fraction of sp³-hybridized carbons (Fsp3) is 0.250. The lowest BCUT2D eigenvalue weighted by Gasteiger charge is -2.19. The summed E-state index contributed by atoms with van der Waals surface area (Å²) in [5.41, 5.74) is 2.53. The number of carbonyl (C=O) groups excluding carboxylic acids is 2. The number of nitrogens with zero attached hydrogens (tertiary/aromatic N) is 1. The van der Waals surface area contributed by atoms with E-state index in [0.29, 0.717) is 16.8 Å². The van der Waals surface area contributed by atoms with Crippen molar-refractivity contribution in [1.29, 1.82) is 0 Å². The highest BCUT2D eigenvalue weighted by Gasteiger charge is 2.23. The van der Waals surface area contributed by atoms with Gasteiger partial charge < -0.3 is 14.6 Å². The second kappa shape index (κ2) is 5.96. The summed E-state index contributed by atoms with van der Waals surface area (Å²) in [6.45, 7) is 2.69. The molecule has 2 aromatic rings. The molecular formula is C16H15BrN2O3. The van der Waals surface area contributed by atoms with Crippen LogP contribution in [0.1, 0.15) is 29.0 Å². The van der Waals surface area contributed by atoms with Crippen molar-refractivity contribution >= 4 is 39.1 Å². The Kier molecular flexibility index (Phi) is 4.02. The first-order valence-corrected chi connectivity index (χ1v) is 7.81. The molecule has 0 atom stereocenters. The van der Waals surface area contributed by atoms with Crippen molar-refractivity contribution in [3.05, 3.63) is 46.3 Å². The van der Waals surface area contributed by atoms with E-state index in [0.717, 1.165) is 24.2 Å². The molecule has 1 saturated heterocycles. The summed E-state index contributed by atoms with van der Waals surface area (Å²) in [6.07, 6.45) is 1.50. The predicted octanol–water partition coefficient (Wildman–Crippen LogP) is 3.73. The van der Waals surface area contributed by atoms with Crippen molar-refractivity contribution in [2.75, 3.05) is 16.8 Å². The Morgan fingerprint density at radius 1 is 1.32 bits per heavy atom. The minimum atomic E-state index is -0.310. The maximum absolute atomic E-state index is 12.0. The van der Waals surface area contributed by atoms with Gasteiger partial charge in [0, 0.05) is 24.3 Å². The fourth-order valence-corrected chi connectivity index (χ4v) is 2.87. The molecule has 0 bridgehead atoms. The Morgan fingerprint density at radius 2 is 2.14 bits per heavy atom. The summed E-state index contributed by atoms with van der Waals surface area (Å²) in [5.74, 6) is 0.0822. The zero-order valence-electron chi connectivity index (χ0n) is 12.1. The van der Waals surface area contributed by atoms with E-state index >= 15 is 0 Å². The third-order valence-corrected chi connectivity index (χ3v) is 4.04. The van der Waals surface area contributed by atoms with Gasteiger partial charge in [-0.25, -0.2) is 0 Å². The number of hydrogen-bond donors (Lipinski definition) is 1. The number of nitrogens with one attached hydrogen (secondary N) is 1. The van der Waals surface area contributed by atoms with E-state index in [2.05, 4.69) is 21.2 Å². The number of anilines is 2. The van der Waals surface area contributed by atoms with Crippen LogP contribution in [0.5, 0.6) is 0 Å². The van der Waals surface area contributed by atoms with Gasteiger partial charge in [0.2, 0.25) is 5.91 Å². The highest BCUT2D eigenvalue weighted by atomic mass is 79.9. The molecule has 0 aliphatic carbocycles. The minimum Gasteiger partial charge on any atom is -0.444 e. The van der Waals surface area contributed by atoms with Gasteiger partial charge in [0.1, 0.15) is 0 Å². The molecule has 5 nitrogen and oxygen atoms in total. The first-order chi connectivity index (χ1) is 10.5. The maximum Gasteiger partial charge on any atom is 0.291 e. The van der Waals surface area contributed by atoms with Gasteiger partial charge in [-0.15, -0.1) is 0 Å². The van der Waals surface area contributed by atoms with Crippen LogP contribution in [0.4, 0.5) is 11.4 Å². The number of rotatable bonds is 3. The Hall–Kier alpha value is -2.08. The monoisotopic (exact) mass is 362 g/mol. The predicted molar refractivity (Wildman–Crippen MR) is 87.1 cm³/mol. The quantitative estimate of drug-likeness (QED) is 0.904. The highest BCUT2D eigenvalue weighted by Crippen LogP contribution is 2.27. The summed E-state index contributed by atoms with van der Waals surface area (Å²) in [5, 5.41) is 2.78. The summed E-state index contributed by atoms with van der Waals surface area (Å²) >= 11 is 3.17. The molecule has 1 aliphatic heterocycles. The van der Waals surface area contributed by atoms with Gasteiger partial charge >= 0.3 is 0 Å². The van der Waals surface area contributed by atoms with Gasteiger partial charge in [0.25, 0.3) is 5.91 Å².